The molecule has 2 bridgehead atoms. The van der Waals surface area contributed by atoms with E-state index in [1.54, 1.807) is 31.7 Å². The Morgan fingerprint density at radius 3 is 2.27 bits per heavy atom. The fourth-order valence-electron chi connectivity index (χ4n) is 3.98. The fourth-order valence-corrected chi connectivity index (χ4v) is 3.98. The summed E-state index contributed by atoms with van der Waals surface area (Å²) in [5.74, 6) is -1.13. The first-order valence-corrected chi connectivity index (χ1v) is 9.65. The molecule has 6 nitrogen and oxygen atoms in total. The number of alkyl halides is 3. The Labute approximate surface area is 172 Å². The van der Waals surface area contributed by atoms with E-state index in [9.17, 15) is 28.0 Å². The van der Waals surface area contributed by atoms with Gasteiger partial charge in [0.05, 0.1) is 42.5 Å². The Bertz CT molecular complexity index is 872. The highest BCUT2D eigenvalue weighted by Crippen LogP contribution is 2.36. The van der Waals surface area contributed by atoms with Crippen LogP contribution < -0.4 is 0 Å². The zero-order valence-electron chi connectivity index (χ0n) is 17.0. The van der Waals surface area contributed by atoms with Crippen molar-refractivity contribution in [2.24, 2.45) is 5.92 Å². The van der Waals surface area contributed by atoms with Crippen LogP contribution in [-0.4, -0.2) is 47.7 Å². The molecule has 2 fully saturated rings. The molecule has 30 heavy (non-hydrogen) atoms. The molecule has 0 N–H and O–H groups in total. The molecule has 2 aliphatic rings. The second kappa shape index (κ2) is 7.91. The van der Waals surface area contributed by atoms with Crippen molar-refractivity contribution >= 4 is 11.9 Å². The third-order valence-electron chi connectivity index (χ3n) is 5.23. The molecule has 0 aromatic heterocycles. The van der Waals surface area contributed by atoms with E-state index in [4.69, 9.17) is 9.47 Å². The summed E-state index contributed by atoms with van der Waals surface area (Å²) in [7, 11) is 0. The number of hydrogen-bond donors (Lipinski definition) is 0. The number of morpholine rings is 1. The van der Waals surface area contributed by atoms with Crippen LogP contribution in [0.2, 0.25) is 0 Å². The van der Waals surface area contributed by atoms with Crippen molar-refractivity contribution < 1.29 is 32.2 Å². The van der Waals surface area contributed by atoms with Crippen LogP contribution in [0.25, 0.3) is 0 Å². The lowest BCUT2D eigenvalue weighted by molar-refractivity contribution is -0.137. The van der Waals surface area contributed by atoms with Crippen molar-refractivity contribution in [1.29, 1.82) is 5.26 Å². The van der Waals surface area contributed by atoms with Crippen molar-refractivity contribution in [3.8, 4) is 6.07 Å². The number of nitrogens with zero attached hydrogens (tertiary/aromatic N) is 2. The largest absolute Gasteiger partial charge is 0.444 e. The van der Waals surface area contributed by atoms with Gasteiger partial charge in [0.25, 0.3) is 0 Å². The fraction of sp³-hybridized carbons (Fsp3) is 0.571. The molecule has 2 heterocycles. The number of carbonyl (C=O) groups excluding carboxylic acids is 2. The third-order valence-corrected chi connectivity index (χ3v) is 5.23. The van der Waals surface area contributed by atoms with Crippen LogP contribution in [0.5, 0.6) is 0 Å². The highest BCUT2D eigenvalue weighted by molar-refractivity contribution is 6.00. The quantitative estimate of drug-likeness (QED) is 0.666. The van der Waals surface area contributed by atoms with E-state index in [2.05, 4.69) is 0 Å². The van der Waals surface area contributed by atoms with E-state index in [0.717, 1.165) is 18.2 Å². The zero-order chi connectivity index (χ0) is 22.3. The first-order valence-electron chi connectivity index (χ1n) is 9.65. The summed E-state index contributed by atoms with van der Waals surface area (Å²) in [6.07, 6.45) is -4.65. The standard InChI is InChI=1S/C21H23F3N2O4/c1-20(2,3)30-19(28)26-15-6-13(7-16(26)11-29-10-15)18(27)17-8-14(21(22,23)24)5-4-12(17)9-25/h4-5,8,13,15-16H,6-7,10-11H2,1-3H3. The van der Waals surface area contributed by atoms with Crippen molar-refractivity contribution in [3.63, 3.8) is 0 Å². The van der Waals surface area contributed by atoms with Gasteiger partial charge in [0.1, 0.15) is 5.60 Å². The summed E-state index contributed by atoms with van der Waals surface area (Å²) in [6, 6.07) is 3.52. The number of fused-ring (bicyclic) bond motifs is 2. The molecule has 1 aromatic carbocycles. The third kappa shape index (κ3) is 4.59. The van der Waals surface area contributed by atoms with E-state index in [0.29, 0.717) is 0 Å². The van der Waals surface area contributed by atoms with E-state index in [-0.39, 0.29) is 37.2 Å². The van der Waals surface area contributed by atoms with E-state index < -0.39 is 47.2 Å². The van der Waals surface area contributed by atoms with Crippen LogP contribution in [0, 0.1) is 17.2 Å². The van der Waals surface area contributed by atoms with Gasteiger partial charge < -0.3 is 9.47 Å². The van der Waals surface area contributed by atoms with Crippen LogP contribution >= 0.6 is 0 Å². The average Bonchev–Trinajstić information content (AvgIpc) is 2.63. The zero-order valence-corrected chi connectivity index (χ0v) is 17.0. The maximum atomic E-state index is 13.1. The Morgan fingerprint density at radius 2 is 1.77 bits per heavy atom. The number of rotatable bonds is 2. The van der Waals surface area contributed by atoms with E-state index in [1.807, 2.05) is 0 Å². The van der Waals surface area contributed by atoms with E-state index in [1.165, 1.54) is 0 Å². The van der Waals surface area contributed by atoms with Gasteiger partial charge in [-0.25, -0.2) is 4.79 Å². The molecule has 1 aromatic rings. The molecule has 2 saturated heterocycles. The molecule has 2 unspecified atom stereocenters. The van der Waals surface area contributed by atoms with Crippen molar-refractivity contribution in [3.05, 3.63) is 34.9 Å². The van der Waals surface area contributed by atoms with Gasteiger partial charge in [-0.15, -0.1) is 0 Å². The van der Waals surface area contributed by atoms with Gasteiger partial charge in [-0.2, -0.15) is 18.4 Å². The second-order valence-corrected chi connectivity index (χ2v) is 8.64. The number of ether oxygens (including phenoxy) is 2. The maximum absolute atomic E-state index is 13.1. The molecule has 2 aliphatic heterocycles. The number of carbonyl (C=O) groups is 2. The Hall–Kier alpha value is -2.60. The van der Waals surface area contributed by atoms with Crippen LogP contribution in [0.3, 0.4) is 0 Å². The normalized spacial score (nSPS) is 24.2. The van der Waals surface area contributed by atoms with Crippen LogP contribution in [0.4, 0.5) is 18.0 Å². The minimum absolute atomic E-state index is 0.0935. The predicted molar refractivity (Wildman–Crippen MR) is 99.7 cm³/mol. The lowest BCUT2D eigenvalue weighted by Gasteiger charge is -2.47. The predicted octanol–water partition coefficient (Wildman–Crippen LogP) is 4.17. The molecule has 9 heteroatoms. The first-order chi connectivity index (χ1) is 13.9. The molecule has 0 aliphatic carbocycles. The minimum Gasteiger partial charge on any atom is -0.444 e. The maximum Gasteiger partial charge on any atom is 0.416 e. The molecular formula is C21H23F3N2O4. The van der Waals surface area contributed by atoms with Gasteiger partial charge in [0.2, 0.25) is 0 Å². The number of amides is 1. The van der Waals surface area contributed by atoms with Crippen molar-refractivity contribution in [2.75, 3.05) is 13.2 Å². The number of halogens is 3. The van der Waals surface area contributed by atoms with Gasteiger partial charge in [0, 0.05) is 11.5 Å². The van der Waals surface area contributed by atoms with Gasteiger partial charge in [-0.3, -0.25) is 9.69 Å². The number of piperidine rings is 1. The van der Waals surface area contributed by atoms with Gasteiger partial charge in [-0.1, -0.05) is 0 Å². The molecule has 162 valence electrons. The van der Waals surface area contributed by atoms with E-state index >= 15 is 0 Å². The molecule has 0 spiro atoms. The minimum atomic E-state index is -4.62. The van der Waals surface area contributed by atoms with Gasteiger partial charge in [0.15, 0.2) is 5.78 Å². The molecule has 1 amide bonds. The topological polar surface area (TPSA) is 79.6 Å². The second-order valence-electron chi connectivity index (χ2n) is 8.64. The van der Waals surface area contributed by atoms with Crippen LogP contribution in [0.15, 0.2) is 18.2 Å². The van der Waals surface area contributed by atoms with Crippen molar-refractivity contribution in [2.45, 2.75) is 57.5 Å². The molecular weight excluding hydrogens is 401 g/mol. The number of hydrogen-bond acceptors (Lipinski definition) is 5. The first kappa shape index (κ1) is 22.1. The van der Waals surface area contributed by atoms with Gasteiger partial charge in [-0.05, 0) is 51.8 Å². The lowest BCUT2D eigenvalue weighted by Crippen LogP contribution is -2.60. The highest BCUT2D eigenvalue weighted by Gasteiger charge is 2.45. The summed E-state index contributed by atoms with van der Waals surface area (Å²) >= 11 is 0. The SMILES string of the molecule is CC(C)(C)OC(=O)N1C2COCC1CC(C(=O)c1cc(C(F)(F)F)ccc1C#N)C2. The number of Topliss-reactive ketones (excluding diaryl/α,β-unsaturated/α-hetero) is 1. The Balaban J connectivity index is 1.85. The summed E-state index contributed by atoms with van der Waals surface area (Å²) < 4.78 is 50.3. The van der Waals surface area contributed by atoms with Crippen LogP contribution in [0.1, 0.15) is 55.1 Å². The molecule has 2 atom stereocenters. The molecule has 3 rings (SSSR count). The average molecular weight is 424 g/mol. The monoisotopic (exact) mass is 424 g/mol. The summed E-state index contributed by atoms with van der Waals surface area (Å²) in [5, 5.41) is 9.27. The number of benzene rings is 1. The molecule has 0 saturated carbocycles. The summed E-state index contributed by atoms with van der Waals surface area (Å²) in [5.41, 5.74) is -1.98. The van der Waals surface area contributed by atoms with Gasteiger partial charge >= 0.3 is 12.3 Å². The Morgan fingerprint density at radius 1 is 1.17 bits per heavy atom. The van der Waals surface area contributed by atoms with Crippen LogP contribution in [-0.2, 0) is 15.7 Å². The smallest absolute Gasteiger partial charge is 0.416 e. The summed E-state index contributed by atoms with van der Waals surface area (Å²) in [6.45, 7) is 5.69. The van der Waals surface area contributed by atoms with Crippen molar-refractivity contribution in [1.82, 2.24) is 4.90 Å². The number of ketones is 1. The Kier molecular flexibility index (Phi) is 5.83. The molecule has 0 radical (unpaired) electrons. The number of nitriles is 1. The summed E-state index contributed by atoms with van der Waals surface area (Å²) in [4.78, 5) is 27.3. The lowest BCUT2D eigenvalue weighted by atomic mass is 9.80. The highest BCUT2D eigenvalue weighted by atomic mass is 19.4.